The lowest BCUT2D eigenvalue weighted by Crippen LogP contribution is -2.04. The van der Waals surface area contributed by atoms with Crippen molar-refractivity contribution in [2.45, 2.75) is 18.2 Å². The Kier molecular flexibility index (Phi) is 3.06. The predicted molar refractivity (Wildman–Crippen MR) is 47.0 cm³/mol. The first-order valence-electron chi connectivity index (χ1n) is 3.52. The van der Waals surface area contributed by atoms with E-state index in [0.29, 0.717) is 0 Å². The van der Waals surface area contributed by atoms with Gasteiger partial charge >= 0.3 is 0 Å². The molecule has 0 saturated heterocycles. The molecule has 7 heteroatoms. The van der Waals surface area contributed by atoms with Crippen molar-refractivity contribution in [3.8, 4) is 0 Å². The van der Waals surface area contributed by atoms with Gasteiger partial charge in [-0.15, -0.1) is 0 Å². The van der Waals surface area contributed by atoms with Gasteiger partial charge in [0.1, 0.15) is 10.6 Å². The van der Waals surface area contributed by atoms with Gasteiger partial charge in [0.25, 0.3) is 15.5 Å². The van der Waals surface area contributed by atoms with Crippen LogP contribution in [0, 0.1) is 6.92 Å². The number of halogens is 3. The molecule has 1 heterocycles. The van der Waals surface area contributed by atoms with Crippen LogP contribution in [0.1, 0.15) is 17.7 Å². The zero-order valence-electron chi connectivity index (χ0n) is 7.04. The lowest BCUT2D eigenvalue weighted by Gasteiger charge is -2.06. The zero-order valence-corrected chi connectivity index (χ0v) is 8.61. The number of hydrogen-bond donors (Lipinski definition) is 0. The van der Waals surface area contributed by atoms with Crippen molar-refractivity contribution in [3.63, 3.8) is 0 Å². The molecular weight excluding hydrogens is 236 g/mol. The molecule has 1 aromatic rings. The summed E-state index contributed by atoms with van der Waals surface area (Å²) in [5, 5.41) is 0. The summed E-state index contributed by atoms with van der Waals surface area (Å²) in [4.78, 5) is 2.69. The number of rotatable bonds is 2. The second-order valence-corrected chi connectivity index (χ2v) is 5.08. The van der Waals surface area contributed by atoms with Crippen LogP contribution in [0.2, 0.25) is 0 Å². The molecule has 0 N–H and O–H groups in total. The van der Waals surface area contributed by atoms with Crippen LogP contribution >= 0.6 is 10.7 Å². The minimum atomic E-state index is -4.18. The SMILES string of the molecule is Cc1ccnc(C(F)F)c1S(=O)(=O)Cl. The number of pyridine rings is 1. The molecule has 0 aromatic carbocycles. The number of hydrogen-bond acceptors (Lipinski definition) is 3. The third kappa shape index (κ3) is 2.19. The average Bonchev–Trinajstić information content (AvgIpc) is 2.01. The smallest absolute Gasteiger partial charge is 0.254 e. The highest BCUT2D eigenvalue weighted by Crippen LogP contribution is 2.29. The molecule has 0 unspecified atom stereocenters. The van der Waals surface area contributed by atoms with E-state index in [4.69, 9.17) is 10.7 Å². The number of aromatic nitrogens is 1. The third-order valence-corrected chi connectivity index (χ3v) is 3.06. The fourth-order valence-corrected chi connectivity index (χ4v) is 2.48. The van der Waals surface area contributed by atoms with Crippen molar-refractivity contribution >= 4 is 19.7 Å². The number of aryl methyl sites for hydroxylation is 1. The summed E-state index contributed by atoms with van der Waals surface area (Å²) < 4.78 is 46.6. The Morgan fingerprint density at radius 3 is 2.43 bits per heavy atom. The van der Waals surface area contributed by atoms with Gasteiger partial charge in [-0.3, -0.25) is 4.98 Å². The van der Waals surface area contributed by atoms with Crippen LogP contribution in [0.3, 0.4) is 0 Å². The van der Waals surface area contributed by atoms with Gasteiger partial charge in [-0.2, -0.15) is 0 Å². The highest BCUT2D eigenvalue weighted by atomic mass is 35.7. The molecule has 0 atom stereocenters. The monoisotopic (exact) mass is 241 g/mol. The lowest BCUT2D eigenvalue weighted by molar-refractivity contribution is 0.142. The van der Waals surface area contributed by atoms with Gasteiger partial charge in [0.2, 0.25) is 0 Å². The third-order valence-electron chi connectivity index (χ3n) is 1.58. The first kappa shape index (κ1) is 11.3. The van der Waals surface area contributed by atoms with Crippen LogP contribution < -0.4 is 0 Å². The summed E-state index contributed by atoms with van der Waals surface area (Å²) in [6.07, 6.45) is -1.85. The normalized spacial score (nSPS) is 12.1. The predicted octanol–water partition coefficient (Wildman–Crippen LogP) is 2.26. The summed E-state index contributed by atoms with van der Waals surface area (Å²) in [7, 11) is 0.833. The van der Waals surface area contributed by atoms with Gasteiger partial charge in [-0.1, -0.05) is 0 Å². The molecule has 0 fully saturated rings. The van der Waals surface area contributed by atoms with E-state index in [1.807, 2.05) is 0 Å². The van der Waals surface area contributed by atoms with Gasteiger partial charge in [0.15, 0.2) is 0 Å². The summed E-state index contributed by atoms with van der Waals surface area (Å²) in [5.41, 5.74) is -0.648. The van der Waals surface area contributed by atoms with Gasteiger partial charge in [0.05, 0.1) is 0 Å². The van der Waals surface area contributed by atoms with E-state index in [1.54, 1.807) is 0 Å². The Morgan fingerprint density at radius 2 is 2.07 bits per heavy atom. The molecule has 0 amide bonds. The van der Waals surface area contributed by atoms with Crippen LogP contribution in [0.25, 0.3) is 0 Å². The summed E-state index contributed by atoms with van der Waals surface area (Å²) in [6, 6.07) is 1.31. The van der Waals surface area contributed by atoms with E-state index in [-0.39, 0.29) is 5.56 Å². The Morgan fingerprint density at radius 1 is 1.50 bits per heavy atom. The molecular formula is C7H6ClF2NO2S. The largest absolute Gasteiger partial charge is 0.281 e. The molecule has 3 nitrogen and oxygen atoms in total. The Hall–Kier alpha value is -0.750. The molecule has 1 aromatic heterocycles. The summed E-state index contributed by atoms with van der Waals surface area (Å²) in [5.74, 6) is 0. The highest BCUT2D eigenvalue weighted by Gasteiger charge is 2.24. The average molecular weight is 242 g/mol. The van der Waals surface area contributed by atoms with Gasteiger partial charge in [-0.25, -0.2) is 17.2 Å². The second-order valence-electron chi connectivity index (χ2n) is 2.58. The zero-order chi connectivity index (χ0) is 10.9. The van der Waals surface area contributed by atoms with E-state index in [2.05, 4.69) is 4.98 Å². The van der Waals surface area contributed by atoms with Crippen molar-refractivity contribution in [2.75, 3.05) is 0 Å². The second kappa shape index (κ2) is 3.78. The van der Waals surface area contributed by atoms with E-state index in [1.165, 1.54) is 13.0 Å². The summed E-state index contributed by atoms with van der Waals surface area (Å²) in [6.45, 7) is 1.38. The summed E-state index contributed by atoms with van der Waals surface area (Å²) >= 11 is 0. The first-order chi connectivity index (χ1) is 6.34. The van der Waals surface area contributed by atoms with Crippen molar-refractivity contribution in [1.82, 2.24) is 4.98 Å². The first-order valence-corrected chi connectivity index (χ1v) is 5.83. The molecule has 14 heavy (non-hydrogen) atoms. The topological polar surface area (TPSA) is 47.0 Å². The van der Waals surface area contributed by atoms with E-state index < -0.39 is 26.1 Å². The van der Waals surface area contributed by atoms with Crippen molar-refractivity contribution in [1.29, 1.82) is 0 Å². The quantitative estimate of drug-likeness (QED) is 0.746. The minimum absolute atomic E-state index is 0.158. The molecule has 0 aliphatic rings. The van der Waals surface area contributed by atoms with Crippen molar-refractivity contribution < 1.29 is 17.2 Å². The molecule has 0 bridgehead atoms. The van der Waals surface area contributed by atoms with Crippen LogP contribution in [0.4, 0.5) is 8.78 Å². The van der Waals surface area contributed by atoms with Crippen LogP contribution in [-0.2, 0) is 9.05 Å². The minimum Gasteiger partial charge on any atom is -0.254 e. The molecule has 0 aliphatic heterocycles. The molecule has 78 valence electrons. The van der Waals surface area contributed by atoms with Crippen LogP contribution in [-0.4, -0.2) is 13.4 Å². The van der Waals surface area contributed by atoms with Crippen molar-refractivity contribution in [3.05, 3.63) is 23.5 Å². The van der Waals surface area contributed by atoms with Gasteiger partial charge in [0, 0.05) is 16.9 Å². The number of nitrogens with zero attached hydrogens (tertiary/aromatic N) is 1. The molecule has 0 aliphatic carbocycles. The maximum absolute atomic E-state index is 12.4. The lowest BCUT2D eigenvalue weighted by atomic mass is 10.2. The fraction of sp³-hybridized carbons (Fsp3) is 0.286. The van der Waals surface area contributed by atoms with Gasteiger partial charge < -0.3 is 0 Å². The number of alkyl halides is 2. The molecule has 1 rings (SSSR count). The Labute approximate surface area is 84.1 Å². The highest BCUT2D eigenvalue weighted by molar-refractivity contribution is 8.13. The van der Waals surface area contributed by atoms with Gasteiger partial charge in [-0.05, 0) is 18.6 Å². The molecule has 0 spiro atoms. The van der Waals surface area contributed by atoms with E-state index >= 15 is 0 Å². The molecule has 0 radical (unpaired) electrons. The molecule has 0 saturated carbocycles. The van der Waals surface area contributed by atoms with Crippen LogP contribution in [0.15, 0.2) is 17.2 Å². The maximum atomic E-state index is 12.4. The van der Waals surface area contributed by atoms with Crippen molar-refractivity contribution in [2.24, 2.45) is 0 Å². The van der Waals surface area contributed by atoms with Crippen LogP contribution in [0.5, 0.6) is 0 Å². The fourth-order valence-electron chi connectivity index (χ4n) is 1.04. The van der Waals surface area contributed by atoms with E-state index in [0.717, 1.165) is 6.20 Å². The Balaban J connectivity index is 3.54. The maximum Gasteiger partial charge on any atom is 0.281 e. The Bertz CT molecular complexity index is 447. The standard InChI is InChI=1S/C7H6ClF2NO2S/c1-4-2-3-11-5(7(9)10)6(4)14(8,12)13/h2-3,7H,1H3. The van der Waals surface area contributed by atoms with E-state index in [9.17, 15) is 17.2 Å².